The van der Waals surface area contributed by atoms with Crippen molar-refractivity contribution >= 4 is 0 Å². The van der Waals surface area contributed by atoms with Crippen LogP contribution in [0.2, 0.25) is 0 Å². The Morgan fingerprint density at radius 3 is 2.64 bits per heavy atom. The van der Waals surface area contributed by atoms with E-state index in [4.69, 9.17) is 0 Å². The van der Waals surface area contributed by atoms with Gasteiger partial charge in [0.1, 0.15) is 0 Å². The molecule has 11 heavy (non-hydrogen) atoms. The predicted octanol–water partition coefficient (Wildman–Crippen LogP) is 3.84. The van der Waals surface area contributed by atoms with Crippen LogP contribution in [0.4, 0.5) is 0 Å². The SMILES string of the molecule is CCCC(C)=CC=C1CCC1. The predicted molar refractivity (Wildman–Crippen MR) is 50.6 cm³/mol. The van der Waals surface area contributed by atoms with Gasteiger partial charge in [0.05, 0.1) is 0 Å². The van der Waals surface area contributed by atoms with E-state index in [1.54, 1.807) is 5.57 Å². The van der Waals surface area contributed by atoms with Crippen LogP contribution < -0.4 is 0 Å². The fraction of sp³-hybridized carbons (Fsp3) is 0.636. The molecule has 0 aromatic carbocycles. The maximum atomic E-state index is 2.31. The molecule has 0 aromatic rings. The fourth-order valence-corrected chi connectivity index (χ4v) is 1.29. The van der Waals surface area contributed by atoms with E-state index in [0.717, 1.165) is 0 Å². The Bertz CT molecular complexity index is 166. The third kappa shape index (κ3) is 2.92. The summed E-state index contributed by atoms with van der Waals surface area (Å²) < 4.78 is 0. The van der Waals surface area contributed by atoms with Crippen LogP contribution in [0, 0.1) is 0 Å². The van der Waals surface area contributed by atoms with Gasteiger partial charge in [-0.1, -0.05) is 36.6 Å². The van der Waals surface area contributed by atoms with Gasteiger partial charge < -0.3 is 0 Å². The second-order valence-electron chi connectivity index (χ2n) is 3.44. The highest BCUT2D eigenvalue weighted by molar-refractivity contribution is 5.20. The molecule has 0 aromatic heterocycles. The van der Waals surface area contributed by atoms with Crippen molar-refractivity contribution < 1.29 is 0 Å². The molecule has 0 saturated heterocycles. The minimum atomic E-state index is 1.25. The molecular formula is C11H18. The minimum absolute atomic E-state index is 1.25. The van der Waals surface area contributed by atoms with E-state index in [2.05, 4.69) is 26.0 Å². The highest BCUT2D eigenvalue weighted by Crippen LogP contribution is 2.25. The summed E-state index contributed by atoms with van der Waals surface area (Å²) in [4.78, 5) is 0. The molecule has 0 atom stereocenters. The molecule has 1 fully saturated rings. The normalized spacial score (nSPS) is 18.0. The van der Waals surface area contributed by atoms with Crippen molar-refractivity contribution in [2.24, 2.45) is 0 Å². The maximum Gasteiger partial charge on any atom is -0.0314 e. The topological polar surface area (TPSA) is 0 Å². The number of hydrogen-bond donors (Lipinski definition) is 0. The zero-order valence-corrected chi connectivity index (χ0v) is 7.69. The van der Waals surface area contributed by atoms with E-state index in [1.165, 1.54) is 37.7 Å². The zero-order chi connectivity index (χ0) is 8.10. The number of allylic oxidation sites excluding steroid dienone is 4. The van der Waals surface area contributed by atoms with Crippen molar-refractivity contribution in [1.29, 1.82) is 0 Å². The van der Waals surface area contributed by atoms with Gasteiger partial charge in [-0.25, -0.2) is 0 Å². The smallest absolute Gasteiger partial charge is 0.0314 e. The van der Waals surface area contributed by atoms with Crippen LogP contribution in [0.5, 0.6) is 0 Å². The van der Waals surface area contributed by atoms with E-state index < -0.39 is 0 Å². The van der Waals surface area contributed by atoms with Crippen LogP contribution in [0.25, 0.3) is 0 Å². The maximum absolute atomic E-state index is 2.31. The molecule has 0 amide bonds. The summed E-state index contributed by atoms with van der Waals surface area (Å²) in [5.41, 5.74) is 3.16. The Kier molecular flexibility index (Phi) is 3.41. The highest BCUT2D eigenvalue weighted by atomic mass is 14.1. The van der Waals surface area contributed by atoms with Gasteiger partial charge in [0.2, 0.25) is 0 Å². The minimum Gasteiger partial charge on any atom is -0.0733 e. The Morgan fingerprint density at radius 2 is 2.18 bits per heavy atom. The van der Waals surface area contributed by atoms with Crippen LogP contribution in [-0.2, 0) is 0 Å². The Labute approximate surface area is 70.0 Å². The van der Waals surface area contributed by atoms with Crippen LogP contribution in [0.1, 0.15) is 46.0 Å². The summed E-state index contributed by atoms with van der Waals surface area (Å²) >= 11 is 0. The lowest BCUT2D eigenvalue weighted by Gasteiger charge is -2.14. The van der Waals surface area contributed by atoms with E-state index in [0.29, 0.717) is 0 Å². The first-order valence-corrected chi connectivity index (χ1v) is 4.68. The van der Waals surface area contributed by atoms with Gasteiger partial charge in [-0.15, -0.1) is 0 Å². The second kappa shape index (κ2) is 4.38. The van der Waals surface area contributed by atoms with Crippen molar-refractivity contribution in [3.8, 4) is 0 Å². The lowest BCUT2D eigenvalue weighted by molar-refractivity contribution is 0.663. The molecule has 1 aliphatic rings. The van der Waals surface area contributed by atoms with E-state index in [9.17, 15) is 0 Å². The fourth-order valence-electron chi connectivity index (χ4n) is 1.29. The van der Waals surface area contributed by atoms with Gasteiger partial charge >= 0.3 is 0 Å². The van der Waals surface area contributed by atoms with E-state index >= 15 is 0 Å². The second-order valence-corrected chi connectivity index (χ2v) is 3.44. The summed E-state index contributed by atoms with van der Waals surface area (Å²) in [6.45, 7) is 4.45. The zero-order valence-electron chi connectivity index (χ0n) is 7.69. The summed E-state index contributed by atoms with van der Waals surface area (Å²) in [6, 6.07) is 0. The molecule has 0 nitrogen and oxygen atoms in total. The Hall–Kier alpha value is -0.520. The first-order valence-electron chi connectivity index (χ1n) is 4.68. The molecule has 1 rings (SSSR count). The van der Waals surface area contributed by atoms with Crippen LogP contribution in [-0.4, -0.2) is 0 Å². The summed E-state index contributed by atoms with van der Waals surface area (Å²) in [6.07, 6.45) is 11.2. The average molecular weight is 150 g/mol. The molecule has 0 heterocycles. The Balaban J connectivity index is 2.31. The monoisotopic (exact) mass is 150 g/mol. The van der Waals surface area contributed by atoms with Crippen molar-refractivity contribution in [2.75, 3.05) is 0 Å². The molecule has 62 valence electrons. The molecular weight excluding hydrogens is 132 g/mol. The largest absolute Gasteiger partial charge is 0.0733 e. The molecule has 1 saturated carbocycles. The van der Waals surface area contributed by atoms with Gasteiger partial charge in [-0.3, -0.25) is 0 Å². The van der Waals surface area contributed by atoms with Gasteiger partial charge in [-0.05, 0) is 32.6 Å². The van der Waals surface area contributed by atoms with Crippen LogP contribution in [0.15, 0.2) is 23.3 Å². The molecule has 0 unspecified atom stereocenters. The molecule has 0 heteroatoms. The number of hydrogen-bond acceptors (Lipinski definition) is 0. The van der Waals surface area contributed by atoms with E-state index in [-0.39, 0.29) is 0 Å². The lowest BCUT2D eigenvalue weighted by atomic mass is 9.92. The summed E-state index contributed by atoms with van der Waals surface area (Å²) in [5.74, 6) is 0. The van der Waals surface area contributed by atoms with Crippen molar-refractivity contribution in [1.82, 2.24) is 0 Å². The van der Waals surface area contributed by atoms with Crippen LogP contribution >= 0.6 is 0 Å². The molecule has 0 N–H and O–H groups in total. The Morgan fingerprint density at radius 1 is 1.45 bits per heavy atom. The first-order chi connectivity index (χ1) is 5.33. The molecule has 0 bridgehead atoms. The summed E-state index contributed by atoms with van der Waals surface area (Å²) in [5, 5.41) is 0. The number of rotatable bonds is 3. The molecule has 1 aliphatic carbocycles. The van der Waals surface area contributed by atoms with Crippen molar-refractivity contribution in [3.63, 3.8) is 0 Å². The quantitative estimate of drug-likeness (QED) is 0.573. The highest BCUT2D eigenvalue weighted by Gasteiger charge is 2.05. The van der Waals surface area contributed by atoms with Crippen molar-refractivity contribution in [3.05, 3.63) is 23.3 Å². The van der Waals surface area contributed by atoms with E-state index in [1.807, 2.05) is 0 Å². The van der Waals surface area contributed by atoms with Crippen molar-refractivity contribution in [2.45, 2.75) is 46.0 Å². The molecule has 0 spiro atoms. The van der Waals surface area contributed by atoms with Gasteiger partial charge in [0, 0.05) is 0 Å². The third-order valence-electron chi connectivity index (χ3n) is 2.24. The van der Waals surface area contributed by atoms with Gasteiger partial charge in [0.15, 0.2) is 0 Å². The lowest BCUT2D eigenvalue weighted by Crippen LogP contribution is -1.95. The molecule has 0 radical (unpaired) electrons. The molecule has 0 aliphatic heterocycles. The standard InChI is InChI=1S/C11H18/c1-3-5-10(2)8-9-11-6-4-7-11/h8-9H,3-7H2,1-2H3. The third-order valence-corrected chi connectivity index (χ3v) is 2.24. The van der Waals surface area contributed by atoms with Gasteiger partial charge in [0.25, 0.3) is 0 Å². The van der Waals surface area contributed by atoms with Gasteiger partial charge in [-0.2, -0.15) is 0 Å². The summed E-state index contributed by atoms with van der Waals surface area (Å²) in [7, 11) is 0. The van der Waals surface area contributed by atoms with Crippen LogP contribution in [0.3, 0.4) is 0 Å². The first kappa shape index (κ1) is 8.58. The average Bonchev–Trinajstić information content (AvgIpc) is 1.85.